The fourth-order valence-corrected chi connectivity index (χ4v) is 1.83. The zero-order valence-corrected chi connectivity index (χ0v) is 9.80. The molecule has 80 valence electrons. The Labute approximate surface area is 88.8 Å². The van der Waals surface area contributed by atoms with Crippen molar-refractivity contribution in [1.82, 2.24) is 4.57 Å². The number of hydrogen-bond donors (Lipinski definition) is 2. The Hall–Kier alpha value is -0.770. The fourth-order valence-electron chi connectivity index (χ4n) is 1.33. The largest absolute Gasteiger partial charge is 0.494 e. The van der Waals surface area contributed by atoms with Crippen molar-refractivity contribution in [2.24, 2.45) is 5.92 Å². The summed E-state index contributed by atoms with van der Waals surface area (Å²) in [6, 6.07) is 1.69. The molecule has 0 radical (unpaired) electrons. The molecule has 14 heavy (non-hydrogen) atoms. The number of thioether (sulfide) groups is 1. The Morgan fingerprint density at radius 2 is 1.86 bits per heavy atom. The van der Waals surface area contributed by atoms with Crippen LogP contribution in [0.2, 0.25) is 0 Å². The lowest BCUT2D eigenvalue weighted by atomic mass is 10.1. The maximum Gasteiger partial charge on any atom is 0.208 e. The van der Waals surface area contributed by atoms with Gasteiger partial charge in [0, 0.05) is 12.1 Å². The molecule has 0 fully saturated rings. The average Bonchev–Trinajstić information content (AvgIpc) is 2.40. The molecular weight excluding hydrogens is 198 g/mol. The van der Waals surface area contributed by atoms with Crippen LogP contribution in [0, 0.1) is 5.92 Å². The van der Waals surface area contributed by atoms with Crippen LogP contribution in [0.25, 0.3) is 0 Å². The van der Waals surface area contributed by atoms with E-state index in [1.165, 1.54) is 11.8 Å². The van der Waals surface area contributed by atoms with E-state index in [4.69, 9.17) is 0 Å². The summed E-state index contributed by atoms with van der Waals surface area (Å²) in [4.78, 5) is 0.718. The lowest BCUT2D eigenvalue weighted by Crippen LogP contribution is -2.10. The van der Waals surface area contributed by atoms with Crippen molar-refractivity contribution in [2.45, 2.75) is 31.7 Å². The molecule has 0 aromatic carbocycles. The summed E-state index contributed by atoms with van der Waals surface area (Å²) in [7, 11) is 0. The highest BCUT2D eigenvalue weighted by Crippen LogP contribution is 2.38. The molecule has 0 aliphatic carbocycles. The van der Waals surface area contributed by atoms with E-state index >= 15 is 0 Å². The van der Waals surface area contributed by atoms with Gasteiger partial charge in [-0.3, -0.25) is 4.57 Å². The van der Waals surface area contributed by atoms with Gasteiger partial charge >= 0.3 is 0 Å². The second-order valence-corrected chi connectivity index (χ2v) is 4.60. The van der Waals surface area contributed by atoms with Crippen LogP contribution in [-0.4, -0.2) is 21.0 Å². The maximum absolute atomic E-state index is 9.81. The number of nitrogens with zero attached hydrogens (tertiary/aromatic N) is 1. The summed E-state index contributed by atoms with van der Waals surface area (Å²) in [5.74, 6) is 0.665. The summed E-state index contributed by atoms with van der Waals surface area (Å²) in [6.45, 7) is 6.10. The van der Waals surface area contributed by atoms with Gasteiger partial charge in [-0.25, -0.2) is 0 Å². The molecule has 0 spiro atoms. The van der Waals surface area contributed by atoms with Crippen LogP contribution in [0.3, 0.4) is 0 Å². The first-order chi connectivity index (χ1) is 6.49. The minimum atomic E-state index is 0.0934. The van der Waals surface area contributed by atoms with Crippen molar-refractivity contribution in [3.63, 3.8) is 0 Å². The topological polar surface area (TPSA) is 45.4 Å². The van der Waals surface area contributed by atoms with Gasteiger partial charge in [0.2, 0.25) is 5.88 Å². The van der Waals surface area contributed by atoms with Crippen molar-refractivity contribution in [1.29, 1.82) is 0 Å². The van der Waals surface area contributed by atoms with E-state index in [1.54, 1.807) is 10.6 Å². The molecule has 0 aliphatic heterocycles. The number of hydrogen-bond acceptors (Lipinski definition) is 3. The van der Waals surface area contributed by atoms with Crippen molar-refractivity contribution in [3.8, 4) is 11.8 Å². The third-order valence-corrected chi connectivity index (χ3v) is 3.29. The average molecular weight is 215 g/mol. The van der Waals surface area contributed by atoms with Crippen LogP contribution in [-0.2, 0) is 0 Å². The van der Waals surface area contributed by atoms with E-state index in [-0.39, 0.29) is 17.8 Å². The Kier molecular flexibility index (Phi) is 3.37. The number of aromatic hydroxyl groups is 2. The molecule has 0 saturated heterocycles. The van der Waals surface area contributed by atoms with E-state index < -0.39 is 0 Å². The molecule has 1 atom stereocenters. The molecule has 0 saturated carbocycles. The number of aromatic nitrogens is 1. The highest BCUT2D eigenvalue weighted by Gasteiger charge is 2.19. The molecule has 1 aromatic rings. The molecule has 4 heteroatoms. The fraction of sp³-hybridized carbons (Fsp3) is 0.600. The molecule has 0 bridgehead atoms. The zero-order valence-electron chi connectivity index (χ0n) is 8.98. The molecule has 1 heterocycles. The van der Waals surface area contributed by atoms with Gasteiger partial charge in [0.15, 0.2) is 5.88 Å². The van der Waals surface area contributed by atoms with Gasteiger partial charge in [0.05, 0.1) is 4.90 Å². The second-order valence-electron chi connectivity index (χ2n) is 3.75. The minimum absolute atomic E-state index is 0.0934. The smallest absolute Gasteiger partial charge is 0.208 e. The van der Waals surface area contributed by atoms with Gasteiger partial charge in [-0.15, -0.1) is 11.8 Å². The monoisotopic (exact) mass is 215 g/mol. The normalized spacial score (nSPS) is 13.5. The summed E-state index contributed by atoms with van der Waals surface area (Å²) < 4.78 is 1.57. The van der Waals surface area contributed by atoms with Crippen molar-refractivity contribution in [2.75, 3.05) is 6.26 Å². The van der Waals surface area contributed by atoms with E-state index in [0.717, 1.165) is 4.90 Å². The van der Waals surface area contributed by atoms with Gasteiger partial charge in [0.1, 0.15) is 0 Å². The predicted octanol–water partition coefficient (Wildman–Crippen LogP) is 2.84. The maximum atomic E-state index is 9.81. The third-order valence-electron chi connectivity index (χ3n) is 2.55. The van der Waals surface area contributed by atoms with E-state index in [0.29, 0.717) is 5.92 Å². The van der Waals surface area contributed by atoms with Crippen LogP contribution >= 0.6 is 11.8 Å². The molecular formula is C10H17NO2S. The minimum Gasteiger partial charge on any atom is -0.494 e. The summed E-state index contributed by atoms with van der Waals surface area (Å²) >= 11 is 1.43. The molecule has 1 unspecified atom stereocenters. The highest BCUT2D eigenvalue weighted by molar-refractivity contribution is 7.98. The third kappa shape index (κ3) is 1.85. The first kappa shape index (κ1) is 11.3. The lowest BCUT2D eigenvalue weighted by molar-refractivity contribution is 0.300. The van der Waals surface area contributed by atoms with E-state index in [2.05, 4.69) is 13.8 Å². The summed E-state index contributed by atoms with van der Waals surface area (Å²) in [6.07, 6.45) is 1.87. The molecule has 1 aromatic heterocycles. The van der Waals surface area contributed by atoms with Crippen molar-refractivity contribution in [3.05, 3.63) is 6.07 Å². The van der Waals surface area contributed by atoms with Gasteiger partial charge < -0.3 is 10.2 Å². The zero-order chi connectivity index (χ0) is 10.9. The van der Waals surface area contributed by atoms with Gasteiger partial charge in [-0.05, 0) is 19.1 Å². The van der Waals surface area contributed by atoms with Crippen LogP contribution in [0.1, 0.15) is 26.8 Å². The van der Waals surface area contributed by atoms with Crippen LogP contribution < -0.4 is 0 Å². The van der Waals surface area contributed by atoms with Crippen LogP contribution in [0.5, 0.6) is 11.8 Å². The Bertz CT molecular complexity index is 320. The summed E-state index contributed by atoms with van der Waals surface area (Å²) in [5, 5.41) is 19.5. The van der Waals surface area contributed by atoms with Crippen LogP contribution in [0.4, 0.5) is 0 Å². The summed E-state index contributed by atoms with van der Waals surface area (Å²) in [5.41, 5.74) is 0. The van der Waals surface area contributed by atoms with Gasteiger partial charge in [-0.1, -0.05) is 13.8 Å². The molecule has 2 N–H and O–H groups in total. The second kappa shape index (κ2) is 4.17. The highest BCUT2D eigenvalue weighted by atomic mass is 32.2. The van der Waals surface area contributed by atoms with Crippen molar-refractivity contribution >= 4 is 11.8 Å². The molecule has 0 amide bonds. The molecule has 0 aliphatic rings. The molecule has 3 nitrogen and oxygen atoms in total. The number of rotatable bonds is 3. The molecule has 1 rings (SSSR count). The first-order valence-corrected chi connectivity index (χ1v) is 5.88. The van der Waals surface area contributed by atoms with Crippen molar-refractivity contribution < 1.29 is 10.2 Å². The van der Waals surface area contributed by atoms with Gasteiger partial charge in [0.25, 0.3) is 0 Å². The van der Waals surface area contributed by atoms with Gasteiger partial charge in [-0.2, -0.15) is 0 Å². The van der Waals surface area contributed by atoms with E-state index in [1.807, 2.05) is 13.2 Å². The SMILES string of the molecule is CSc1cc(O)n(C(C)C(C)C)c1O. The van der Waals surface area contributed by atoms with E-state index in [9.17, 15) is 10.2 Å². The standard InChI is InChI=1S/C10H17NO2S/c1-6(2)7(3)11-9(12)5-8(14-4)10(11)13/h5-7,12-13H,1-4H3. The Morgan fingerprint density at radius 3 is 2.21 bits per heavy atom. The predicted molar refractivity (Wildman–Crippen MR) is 59.1 cm³/mol. The quantitative estimate of drug-likeness (QED) is 0.762. The Balaban J connectivity index is 3.13. The Morgan fingerprint density at radius 1 is 1.29 bits per heavy atom. The lowest BCUT2D eigenvalue weighted by Gasteiger charge is -2.19. The van der Waals surface area contributed by atoms with Crippen LogP contribution in [0.15, 0.2) is 11.0 Å². The first-order valence-electron chi connectivity index (χ1n) is 4.66.